The van der Waals surface area contributed by atoms with Crippen molar-refractivity contribution in [3.63, 3.8) is 0 Å². The Kier molecular flexibility index (Phi) is 4.78. The largest absolute Gasteiger partial charge is 0.443 e. The number of anilines is 2. The van der Waals surface area contributed by atoms with Crippen molar-refractivity contribution in [3.8, 4) is 0 Å². The van der Waals surface area contributed by atoms with Crippen LogP contribution in [-0.2, 0) is 4.74 Å². The quantitative estimate of drug-likeness (QED) is 0.663. The van der Waals surface area contributed by atoms with Crippen LogP contribution in [0.3, 0.4) is 0 Å². The van der Waals surface area contributed by atoms with Crippen molar-refractivity contribution in [2.45, 2.75) is 26.4 Å². The summed E-state index contributed by atoms with van der Waals surface area (Å²) in [4.78, 5) is 23.9. The van der Waals surface area contributed by atoms with E-state index in [9.17, 15) is 9.59 Å². The predicted molar refractivity (Wildman–Crippen MR) is 76.0 cm³/mol. The lowest BCUT2D eigenvalue weighted by Crippen LogP contribution is -2.34. The minimum absolute atomic E-state index is 0.443. The molecule has 1 rings (SSSR count). The molecular formula is C13H17ClN2O3. The maximum atomic E-state index is 11.8. The Balaban J connectivity index is 2.75. The van der Waals surface area contributed by atoms with Gasteiger partial charge in [0.1, 0.15) is 5.60 Å². The Bertz CT molecular complexity index is 466. The summed E-state index contributed by atoms with van der Waals surface area (Å²) in [6.07, 6.45) is -0.443. The molecule has 0 aliphatic heterocycles. The van der Waals surface area contributed by atoms with Gasteiger partial charge in [-0.05, 0) is 56.6 Å². The number of halogens is 1. The molecule has 1 aromatic rings. The molecule has 104 valence electrons. The van der Waals surface area contributed by atoms with Crippen LogP contribution in [0, 0.1) is 0 Å². The van der Waals surface area contributed by atoms with E-state index in [2.05, 4.69) is 5.32 Å². The van der Waals surface area contributed by atoms with Crippen LogP contribution in [0.5, 0.6) is 0 Å². The predicted octanol–water partition coefficient (Wildman–Crippen LogP) is 3.83. The summed E-state index contributed by atoms with van der Waals surface area (Å²) in [6.45, 7) is 5.41. The number of ether oxygens (including phenoxy) is 1. The van der Waals surface area contributed by atoms with Crippen LogP contribution in [0.1, 0.15) is 20.8 Å². The van der Waals surface area contributed by atoms with Crippen LogP contribution >= 0.6 is 11.6 Å². The molecule has 0 heterocycles. The Morgan fingerprint density at radius 2 is 1.74 bits per heavy atom. The van der Waals surface area contributed by atoms with E-state index < -0.39 is 17.1 Å². The van der Waals surface area contributed by atoms with Crippen molar-refractivity contribution >= 4 is 34.4 Å². The van der Waals surface area contributed by atoms with Gasteiger partial charge in [0.15, 0.2) is 0 Å². The molecule has 0 spiro atoms. The highest BCUT2D eigenvalue weighted by Gasteiger charge is 2.20. The molecule has 0 saturated carbocycles. The van der Waals surface area contributed by atoms with E-state index in [1.54, 1.807) is 52.1 Å². The molecule has 0 unspecified atom stereocenters. The van der Waals surface area contributed by atoms with Gasteiger partial charge in [-0.1, -0.05) is 0 Å². The number of nitrogens with zero attached hydrogens (tertiary/aromatic N) is 1. The Morgan fingerprint density at radius 3 is 2.16 bits per heavy atom. The van der Waals surface area contributed by atoms with Crippen LogP contribution < -0.4 is 10.2 Å². The molecule has 0 fully saturated rings. The van der Waals surface area contributed by atoms with Crippen LogP contribution in [0.2, 0.25) is 0 Å². The molecule has 0 bridgehead atoms. The third-order valence-electron chi connectivity index (χ3n) is 2.16. The van der Waals surface area contributed by atoms with Crippen molar-refractivity contribution in [1.82, 2.24) is 0 Å². The summed E-state index contributed by atoms with van der Waals surface area (Å²) in [7, 11) is 1.61. The zero-order chi connectivity index (χ0) is 14.6. The molecule has 0 aromatic heterocycles. The van der Waals surface area contributed by atoms with E-state index in [0.29, 0.717) is 11.4 Å². The Hall–Kier alpha value is -1.75. The van der Waals surface area contributed by atoms with Gasteiger partial charge in [0, 0.05) is 18.4 Å². The van der Waals surface area contributed by atoms with E-state index in [4.69, 9.17) is 16.3 Å². The fraction of sp³-hybridized carbons (Fsp3) is 0.385. The van der Waals surface area contributed by atoms with Crippen LogP contribution in [0.4, 0.5) is 21.0 Å². The first-order valence-electron chi connectivity index (χ1n) is 5.72. The number of amides is 2. The number of benzene rings is 1. The summed E-state index contributed by atoms with van der Waals surface area (Å²) in [6, 6.07) is 6.67. The Labute approximate surface area is 117 Å². The highest BCUT2D eigenvalue weighted by molar-refractivity contribution is 6.65. The molecule has 0 aliphatic carbocycles. The number of hydrogen-bond acceptors (Lipinski definition) is 3. The van der Waals surface area contributed by atoms with Crippen molar-refractivity contribution in [3.05, 3.63) is 24.3 Å². The zero-order valence-electron chi connectivity index (χ0n) is 11.4. The van der Waals surface area contributed by atoms with Crippen molar-refractivity contribution in [2.24, 2.45) is 0 Å². The average Bonchev–Trinajstić information content (AvgIpc) is 2.26. The number of carbonyl (C=O) groups is 2. The molecule has 6 heteroatoms. The lowest BCUT2D eigenvalue weighted by Gasteiger charge is -2.24. The second kappa shape index (κ2) is 5.93. The summed E-state index contributed by atoms with van der Waals surface area (Å²) in [5, 5.41) is 1.77. The van der Waals surface area contributed by atoms with Crippen LogP contribution in [-0.4, -0.2) is 24.1 Å². The first kappa shape index (κ1) is 15.3. The highest BCUT2D eigenvalue weighted by atomic mass is 35.5. The molecule has 0 saturated heterocycles. The third-order valence-corrected chi connectivity index (χ3v) is 2.26. The summed E-state index contributed by atoms with van der Waals surface area (Å²) in [5.74, 6) is 0. The fourth-order valence-corrected chi connectivity index (χ4v) is 1.43. The standard InChI is InChI=1S/C13H17ClN2O3/c1-13(2,3)19-12(18)16(4)10-7-5-9(6-8-10)15-11(14)17/h5-8H,1-4H3,(H,15,17). The number of hydrogen-bond donors (Lipinski definition) is 1. The minimum atomic E-state index is -0.659. The van der Waals surface area contributed by atoms with E-state index in [-0.39, 0.29) is 0 Å². The molecule has 1 N–H and O–H groups in total. The van der Waals surface area contributed by atoms with Crippen LogP contribution in [0.15, 0.2) is 24.3 Å². The maximum absolute atomic E-state index is 11.8. The lowest BCUT2D eigenvalue weighted by atomic mass is 10.2. The summed E-state index contributed by atoms with van der Waals surface area (Å²) in [5.41, 5.74) is 0.667. The van der Waals surface area contributed by atoms with Gasteiger partial charge in [0.25, 0.3) is 0 Å². The third kappa shape index (κ3) is 5.18. The van der Waals surface area contributed by atoms with Gasteiger partial charge in [-0.15, -0.1) is 0 Å². The van der Waals surface area contributed by atoms with Gasteiger partial charge in [0.05, 0.1) is 0 Å². The molecule has 19 heavy (non-hydrogen) atoms. The zero-order valence-corrected chi connectivity index (χ0v) is 12.1. The smallest absolute Gasteiger partial charge is 0.414 e. The van der Waals surface area contributed by atoms with Crippen molar-refractivity contribution < 1.29 is 14.3 Å². The fourth-order valence-electron chi connectivity index (χ4n) is 1.32. The highest BCUT2D eigenvalue weighted by Crippen LogP contribution is 2.19. The molecule has 0 aliphatic rings. The average molecular weight is 285 g/mol. The maximum Gasteiger partial charge on any atom is 0.414 e. The van der Waals surface area contributed by atoms with Crippen molar-refractivity contribution in [1.29, 1.82) is 0 Å². The van der Waals surface area contributed by atoms with E-state index in [0.717, 1.165) is 0 Å². The van der Waals surface area contributed by atoms with Gasteiger partial charge in [-0.2, -0.15) is 0 Å². The monoisotopic (exact) mass is 284 g/mol. The molecule has 0 radical (unpaired) electrons. The molecule has 5 nitrogen and oxygen atoms in total. The van der Waals surface area contributed by atoms with Gasteiger partial charge in [-0.3, -0.25) is 9.69 Å². The first-order valence-corrected chi connectivity index (χ1v) is 6.10. The normalized spacial score (nSPS) is 10.8. The Morgan fingerprint density at radius 1 is 1.21 bits per heavy atom. The minimum Gasteiger partial charge on any atom is -0.443 e. The number of nitrogens with one attached hydrogen (secondary N) is 1. The van der Waals surface area contributed by atoms with Gasteiger partial charge < -0.3 is 10.1 Å². The van der Waals surface area contributed by atoms with Crippen LogP contribution in [0.25, 0.3) is 0 Å². The molecule has 1 aromatic carbocycles. The van der Waals surface area contributed by atoms with Crippen molar-refractivity contribution in [2.75, 3.05) is 17.3 Å². The molecular weight excluding hydrogens is 268 g/mol. The molecule has 0 atom stereocenters. The van der Waals surface area contributed by atoms with Gasteiger partial charge in [0.2, 0.25) is 0 Å². The van der Waals surface area contributed by atoms with E-state index in [1.807, 2.05) is 0 Å². The van der Waals surface area contributed by atoms with Gasteiger partial charge in [-0.25, -0.2) is 4.79 Å². The van der Waals surface area contributed by atoms with Gasteiger partial charge >= 0.3 is 11.5 Å². The number of rotatable bonds is 2. The summed E-state index contributed by atoms with van der Waals surface area (Å²) >= 11 is 5.20. The van der Waals surface area contributed by atoms with E-state index >= 15 is 0 Å². The topological polar surface area (TPSA) is 58.6 Å². The summed E-state index contributed by atoms with van der Waals surface area (Å²) < 4.78 is 5.24. The SMILES string of the molecule is CN(C(=O)OC(C)(C)C)c1ccc(NC(=O)Cl)cc1. The first-order chi connectivity index (χ1) is 8.69. The second-order valence-electron chi connectivity index (χ2n) is 4.98. The molecule has 2 amide bonds. The van der Waals surface area contributed by atoms with E-state index in [1.165, 1.54) is 4.90 Å². The lowest BCUT2D eigenvalue weighted by molar-refractivity contribution is 0.0589. The number of carbonyl (C=O) groups excluding carboxylic acids is 2. The second-order valence-corrected chi connectivity index (χ2v) is 5.33.